The summed E-state index contributed by atoms with van der Waals surface area (Å²) in [6, 6.07) is 1.31. The molecule has 108 valence electrons. The molecule has 0 saturated carbocycles. The van der Waals surface area contributed by atoms with E-state index in [2.05, 4.69) is 4.98 Å². The Kier molecular flexibility index (Phi) is 5.98. The number of nitrogens with zero attached hydrogens (tertiary/aromatic N) is 2. The second kappa shape index (κ2) is 7.26. The molecule has 0 bridgehead atoms. The van der Waals surface area contributed by atoms with E-state index in [4.69, 9.17) is 27.9 Å². The Labute approximate surface area is 127 Å². The number of Topliss-reactive ketones (excluding diaryl/α,β-unsaturated/α-hetero) is 1. The number of rotatable bonds is 5. The number of carbonyl (C=O) groups is 2. The van der Waals surface area contributed by atoms with Gasteiger partial charge in [-0.2, -0.15) is 0 Å². The second-order valence-corrected chi connectivity index (χ2v) is 4.84. The van der Waals surface area contributed by atoms with Gasteiger partial charge in [-0.05, 0) is 13.0 Å². The van der Waals surface area contributed by atoms with Gasteiger partial charge in [-0.25, -0.2) is 9.78 Å². The molecular weight excluding hydrogens is 303 g/mol. The molecule has 0 aliphatic rings. The summed E-state index contributed by atoms with van der Waals surface area (Å²) in [5.41, 5.74) is -0.0196. The first kappa shape index (κ1) is 16.5. The average molecular weight is 317 g/mol. The Bertz CT molecular complexity index is 557. The van der Waals surface area contributed by atoms with Gasteiger partial charge < -0.3 is 9.64 Å². The van der Waals surface area contributed by atoms with Crippen LogP contribution in [0.2, 0.25) is 10.2 Å². The van der Waals surface area contributed by atoms with E-state index < -0.39 is 11.8 Å². The molecule has 5 nitrogen and oxygen atoms in total. The zero-order valence-electron chi connectivity index (χ0n) is 11.3. The molecule has 1 aromatic heterocycles. The number of aromatic nitrogens is 1. The number of halogens is 2. The summed E-state index contributed by atoms with van der Waals surface area (Å²) in [6.07, 6.45) is 2.64. The smallest absolute Gasteiger partial charge is 0.343 e. The number of carbonyl (C=O) groups excluding carboxylic acids is 2. The first-order valence-electron chi connectivity index (χ1n) is 5.78. The molecule has 0 radical (unpaired) electrons. The molecule has 0 atom stereocenters. The number of ketones is 1. The Balaban J connectivity index is 3.24. The quantitative estimate of drug-likeness (QED) is 0.209. The van der Waals surface area contributed by atoms with Crippen molar-refractivity contribution in [3.8, 4) is 0 Å². The van der Waals surface area contributed by atoms with Crippen LogP contribution in [-0.4, -0.2) is 42.3 Å². The summed E-state index contributed by atoms with van der Waals surface area (Å²) >= 11 is 11.7. The predicted molar refractivity (Wildman–Crippen MR) is 77.0 cm³/mol. The highest BCUT2D eigenvalue weighted by Gasteiger charge is 2.24. The van der Waals surface area contributed by atoms with Crippen molar-refractivity contribution in [1.82, 2.24) is 9.88 Å². The van der Waals surface area contributed by atoms with E-state index in [1.54, 1.807) is 25.9 Å². The second-order valence-electron chi connectivity index (χ2n) is 4.04. The van der Waals surface area contributed by atoms with Crippen molar-refractivity contribution < 1.29 is 14.3 Å². The Morgan fingerprint density at radius 2 is 2.05 bits per heavy atom. The molecule has 7 heteroatoms. The van der Waals surface area contributed by atoms with Crippen LogP contribution in [0.3, 0.4) is 0 Å². The van der Waals surface area contributed by atoms with Crippen LogP contribution < -0.4 is 0 Å². The Morgan fingerprint density at radius 1 is 1.40 bits per heavy atom. The summed E-state index contributed by atoms with van der Waals surface area (Å²) in [5, 5.41) is 0.235. The minimum absolute atomic E-state index is 0.104. The maximum Gasteiger partial charge on any atom is 0.343 e. The van der Waals surface area contributed by atoms with Crippen LogP contribution in [0.25, 0.3) is 0 Å². The van der Waals surface area contributed by atoms with Crippen LogP contribution in [0.1, 0.15) is 17.3 Å². The van der Waals surface area contributed by atoms with Crippen LogP contribution in [0.4, 0.5) is 0 Å². The maximum atomic E-state index is 12.4. The lowest BCUT2D eigenvalue weighted by Gasteiger charge is -2.11. The van der Waals surface area contributed by atoms with Crippen molar-refractivity contribution in [2.75, 3.05) is 20.7 Å². The van der Waals surface area contributed by atoms with Gasteiger partial charge >= 0.3 is 5.97 Å². The third-order valence-corrected chi connectivity index (χ3v) is 2.70. The number of hydrogen-bond acceptors (Lipinski definition) is 5. The van der Waals surface area contributed by atoms with Crippen molar-refractivity contribution >= 4 is 35.0 Å². The molecule has 1 aromatic rings. The Morgan fingerprint density at radius 3 is 2.60 bits per heavy atom. The van der Waals surface area contributed by atoms with Gasteiger partial charge in [0.25, 0.3) is 0 Å². The van der Waals surface area contributed by atoms with Gasteiger partial charge in [0.2, 0.25) is 5.78 Å². The molecule has 0 saturated heterocycles. The largest absolute Gasteiger partial charge is 0.462 e. The van der Waals surface area contributed by atoms with Gasteiger partial charge in [0, 0.05) is 32.1 Å². The van der Waals surface area contributed by atoms with Crippen LogP contribution in [0.5, 0.6) is 0 Å². The van der Waals surface area contributed by atoms with Crippen molar-refractivity contribution in [1.29, 1.82) is 0 Å². The summed E-state index contributed by atoms with van der Waals surface area (Å²) in [6.45, 7) is 1.83. The normalized spacial score (nSPS) is 11.2. The van der Waals surface area contributed by atoms with E-state index in [1.807, 2.05) is 0 Å². The summed E-state index contributed by atoms with van der Waals surface area (Å²) in [4.78, 5) is 29.6. The third-order valence-electron chi connectivity index (χ3n) is 2.19. The molecule has 0 aliphatic carbocycles. The molecule has 0 aliphatic heterocycles. The lowest BCUT2D eigenvalue weighted by atomic mass is 10.1. The fourth-order valence-corrected chi connectivity index (χ4v) is 1.75. The molecule has 0 unspecified atom stereocenters. The fourth-order valence-electron chi connectivity index (χ4n) is 1.40. The maximum absolute atomic E-state index is 12.4. The topological polar surface area (TPSA) is 59.5 Å². The molecule has 0 spiro atoms. The summed E-state index contributed by atoms with van der Waals surface area (Å²) in [5.74, 6) is -1.28. The number of ether oxygens (including phenoxy) is 1. The Hall–Kier alpha value is -1.59. The molecule has 0 N–H and O–H groups in total. The summed E-state index contributed by atoms with van der Waals surface area (Å²) in [7, 11) is 3.38. The fraction of sp³-hybridized carbons (Fsp3) is 0.308. The SMILES string of the molecule is CCOC(=O)/C(=C/N(C)C)C(=O)c1cc(Cl)ncc1Cl. The highest BCUT2D eigenvalue weighted by atomic mass is 35.5. The van der Waals surface area contributed by atoms with E-state index in [-0.39, 0.29) is 27.9 Å². The first-order valence-corrected chi connectivity index (χ1v) is 6.53. The van der Waals surface area contributed by atoms with Crippen LogP contribution in [0.15, 0.2) is 24.0 Å². The predicted octanol–water partition coefficient (Wildman–Crippen LogP) is 2.58. The summed E-state index contributed by atoms with van der Waals surface area (Å²) < 4.78 is 4.87. The molecule has 1 rings (SSSR count). The molecule has 0 amide bonds. The van der Waals surface area contributed by atoms with Gasteiger partial charge in [-0.15, -0.1) is 0 Å². The molecule has 1 heterocycles. The van der Waals surface area contributed by atoms with Crippen molar-refractivity contribution in [2.24, 2.45) is 0 Å². The van der Waals surface area contributed by atoms with E-state index in [0.717, 1.165) is 0 Å². The van der Waals surface area contributed by atoms with E-state index >= 15 is 0 Å². The number of esters is 1. The van der Waals surface area contributed by atoms with Crippen LogP contribution >= 0.6 is 23.2 Å². The van der Waals surface area contributed by atoms with E-state index in [1.165, 1.54) is 18.5 Å². The minimum atomic E-state index is -0.713. The standard InChI is InChI=1S/C13H14Cl2N2O3/c1-4-20-13(19)9(7-17(2)3)12(18)8-5-11(15)16-6-10(8)14/h5-7H,4H2,1-3H3/b9-7+. The highest BCUT2D eigenvalue weighted by Crippen LogP contribution is 2.22. The van der Waals surface area contributed by atoms with Crippen LogP contribution in [0, 0.1) is 0 Å². The van der Waals surface area contributed by atoms with Crippen molar-refractivity contribution in [3.63, 3.8) is 0 Å². The van der Waals surface area contributed by atoms with Gasteiger partial charge in [0.1, 0.15) is 10.7 Å². The van der Waals surface area contributed by atoms with Gasteiger partial charge in [0.15, 0.2) is 0 Å². The zero-order valence-corrected chi connectivity index (χ0v) is 12.8. The molecule has 20 heavy (non-hydrogen) atoms. The molecular formula is C13H14Cl2N2O3. The van der Waals surface area contributed by atoms with Gasteiger partial charge in [-0.3, -0.25) is 4.79 Å². The number of pyridine rings is 1. The molecule has 0 aromatic carbocycles. The van der Waals surface area contributed by atoms with Crippen molar-refractivity contribution in [2.45, 2.75) is 6.92 Å². The van der Waals surface area contributed by atoms with E-state index in [0.29, 0.717) is 0 Å². The lowest BCUT2D eigenvalue weighted by Crippen LogP contribution is -2.19. The monoisotopic (exact) mass is 316 g/mol. The third kappa shape index (κ3) is 4.21. The minimum Gasteiger partial charge on any atom is -0.462 e. The zero-order chi connectivity index (χ0) is 15.3. The lowest BCUT2D eigenvalue weighted by molar-refractivity contribution is -0.138. The van der Waals surface area contributed by atoms with Gasteiger partial charge in [0.05, 0.1) is 11.6 Å². The van der Waals surface area contributed by atoms with Gasteiger partial charge in [-0.1, -0.05) is 23.2 Å². The highest BCUT2D eigenvalue weighted by molar-refractivity contribution is 6.38. The average Bonchev–Trinajstić information content (AvgIpc) is 2.38. The first-order chi connectivity index (χ1) is 9.36. The number of hydrogen-bond donors (Lipinski definition) is 0. The van der Waals surface area contributed by atoms with Crippen LogP contribution in [-0.2, 0) is 9.53 Å². The molecule has 0 fully saturated rings. The van der Waals surface area contributed by atoms with E-state index in [9.17, 15) is 9.59 Å². The van der Waals surface area contributed by atoms with Crippen molar-refractivity contribution in [3.05, 3.63) is 39.8 Å².